The number of carbonyl (C=O) groups excluding carboxylic acids is 2. The third-order valence-electron chi connectivity index (χ3n) is 5.51. The van der Waals surface area contributed by atoms with Gasteiger partial charge in [-0.2, -0.15) is 0 Å². The highest BCUT2D eigenvalue weighted by Crippen LogP contribution is 2.34. The molecule has 5 aromatic rings. The Bertz CT molecular complexity index is 1480. The Labute approximate surface area is 181 Å². The van der Waals surface area contributed by atoms with E-state index in [1.54, 1.807) is 36.4 Å². The maximum absolute atomic E-state index is 12.9. The quantitative estimate of drug-likeness (QED) is 0.227. The zero-order valence-electron chi connectivity index (χ0n) is 16.0. The lowest BCUT2D eigenvalue weighted by molar-refractivity contribution is 0.0990. The van der Waals surface area contributed by atoms with Gasteiger partial charge >= 0.3 is 0 Å². The van der Waals surface area contributed by atoms with Crippen LogP contribution in [-0.2, 0) is 0 Å². The Kier molecular flexibility index (Phi) is 3.79. The number of hydrogen-bond donors (Lipinski definition) is 0. The highest BCUT2D eigenvalue weighted by Gasteiger charge is 2.33. The molecule has 0 saturated carbocycles. The first-order valence-corrected chi connectivity index (χ1v) is 10.1. The molecule has 31 heavy (non-hydrogen) atoms. The largest absolute Gasteiger partial charge is 0.453 e. The molecule has 5 heteroatoms. The van der Waals surface area contributed by atoms with Gasteiger partial charge in [-0.15, -0.1) is 0 Å². The number of Topliss-reactive ketones (excluding diaryl/α,β-unsaturated/α-hetero) is 2. The summed E-state index contributed by atoms with van der Waals surface area (Å²) < 4.78 is 11.7. The van der Waals surface area contributed by atoms with Crippen LogP contribution >= 0.6 is 11.6 Å². The van der Waals surface area contributed by atoms with Crippen LogP contribution in [0.25, 0.3) is 39.3 Å². The van der Waals surface area contributed by atoms with Crippen molar-refractivity contribution in [1.82, 2.24) is 0 Å². The number of furan rings is 2. The van der Waals surface area contributed by atoms with Gasteiger partial charge in [0.15, 0.2) is 22.7 Å². The minimum Gasteiger partial charge on any atom is -0.453 e. The van der Waals surface area contributed by atoms with Crippen molar-refractivity contribution in [1.29, 1.82) is 0 Å². The maximum atomic E-state index is 12.9. The normalized spacial score (nSPS) is 13.4. The average Bonchev–Trinajstić information content (AvgIpc) is 3.40. The van der Waals surface area contributed by atoms with E-state index in [1.165, 1.54) is 6.08 Å². The van der Waals surface area contributed by atoms with Crippen LogP contribution in [0.15, 0.2) is 87.2 Å². The van der Waals surface area contributed by atoms with Crippen molar-refractivity contribution in [2.45, 2.75) is 0 Å². The van der Waals surface area contributed by atoms with Gasteiger partial charge in [0.25, 0.3) is 0 Å². The zero-order valence-corrected chi connectivity index (χ0v) is 16.8. The van der Waals surface area contributed by atoms with E-state index in [0.717, 1.165) is 16.3 Å². The van der Waals surface area contributed by atoms with E-state index in [4.69, 9.17) is 20.4 Å². The molecule has 0 fully saturated rings. The summed E-state index contributed by atoms with van der Waals surface area (Å²) in [6.45, 7) is 0. The van der Waals surface area contributed by atoms with Crippen LogP contribution in [-0.4, -0.2) is 11.6 Å². The second kappa shape index (κ2) is 6.56. The van der Waals surface area contributed by atoms with Crippen molar-refractivity contribution in [3.63, 3.8) is 0 Å². The molecule has 2 aromatic heterocycles. The maximum Gasteiger partial charge on any atom is 0.197 e. The summed E-state index contributed by atoms with van der Waals surface area (Å²) in [6.07, 6.45) is 1.49. The summed E-state index contributed by atoms with van der Waals surface area (Å²) in [6, 6.07) is 22.0. The molecule has 6 rings (SSSR count). The lowest BCUT2D eigenvalue weighted by Crippen LogP contribution is -1.99. The van der Waals surface area contributed by atoms with Crippen LogP contribution < -0.4 is 0 Å². The van der Waals surface area contributed by atoms with Gasteiger partial charge in [0, 0.05) is 33.8 Å². The monoisotopic (exact) mass is 424 g/mol. The van der Waals surface area contributed by atoms with Crippen molar-refractivity contribution < 1.29 is 18.4 Å². The van der Waals surface area contributed by atoms with Crippen molar-refractivity contribution in [3.05, 3.63) is 100 Å². The molecule has 148 valence electrons. The number of fused-ring (bicyclic) bond motifs is 3. The molecule has 1 aliphatic rings. The third kappa shape index (κ3) is 2.84. The van der Waals surface area contributed by atoms with Gasteiger partial charge in [-0.1, -0.05) is 35.9 Å². The first-order chi connectivity index (χ1) is 15.1. The highest BCUT2D eigenvalue weighted by molar-refractivity contribution is 6.42. The van der Waals surface area contributed by atoms with E-state index in [1.807, 2.05) is 36.4 Å². The first kappa shape index (κ1) is 17.9. The van der Waals surface area contributed by atoms with Gasteiger partial charge in [0.1, 0.15) is 11.5 Å². The molecule has 2 heterocycles. The Hall–Kier alpha value is -3.89. The lowest BCUT2D eigenvalue weighted by atomic mass is 10.0. The number of benzene rings is 3. The number of carbonyl (C=O) groups is 2. The summed E-state index contributed by atoms with van der Waals surface area (Å²) in [5.74, 6) is 0.462. The van der Waals surface area contributed by atoms with Crippen LogP contribution in [0.2, 0.25) is 5.02 Å². The number of ketones is 2. The predicted molar refractivity (Wildman–Crippen MR) is 120 cm³/mol. The van der Waals surface area contributed by atoms with Gasteiger partial charge in [-0.05, 0) is 53.2 Å². The van der Waals surface area contributed by atoms with Crippen molar-refractivity contribution >= 4 is 51.2 Å². The molecule has 0 radical (unpaired) electrons. The predicted octanol–water partition coefficient (Wildman–Crippen LogP) is 6.96. The van der Waals surface area contributed by atoms with Gasteiger partial charge < -0.3 is 8.83 Å². The molecule has 0 spiro atoms. The molecule has 0 saturated heterocycles. The van der Waals surface area contributed by atoms with E-state index < -0.39 is 0 Å². The van der Waals surface area contributed by atoms with Gasteiger partial charge in [-0.25, -0.2) is 0 Å². The molecular weight excluding hydrogens is 412 g/mol. The molecule has 4 nitrogen and oxygen atoms in total. The van der Waals surface area contributed by atoms with E-state index >= 15 is 0 Å². The Morgan fingerprint density at radius 1 is 0.710 bits per heavy atom. The van der Waals surface area contributed by atoms with Crippen LogP contribution in [0.1, 0.15) is 26.5 Å². The number of hydrogen-bond acceptors (Lipinski definition) is 4. The lowest BCUT2D eigenvalue weighted by Gasteiger charge is -2.00. The fourth-order valence-corrected chi connectivity index (χ4v) is 4.09. The summed E-state index contributed by atoms with van der Waals surface area (Å²) in [5, 5.41) is 2.50. The van der Waals surface area contributed by atoms with Gasteiger partial charge in [0.2, 0.25) is 0 Å². The van der Waals surface area contributed by atoms with E-state index in [2.05, 4.69) is 0 Å². The standard InChI is InChI=1S/C26H13ClO4/c27-17-7-5-14(6-8-17)22-13-24-23(31-22)12-18(30-24)11-21-25(28)19-9-15-3-1-2-4-16(15)10-20(19)26(21)29/h1-13H. The summed E-state index contributed by atoms with van der Waals surface area (Å²) in [5.41, 5.74) is 2.90. The van der Waals surface area contributed by atoms with E-state index in [0.29, 0.717) is 38.8 Å². The summed E-state index contributed by atoms with van der Waals surface area (Å²) >= 11 is 5.94. The van der Waals surface area contributed by atoms with Gasteiger partial charge in [0.05, 0.1) is 5.57 Å². The first-order valence-electron chi connectivity index (χ1n) is 9.70. The number of allylic oxidation sites excluding steroid dienone is 1. The Morgan fingerprint density at radius 2 is 1.32 bits per heavy atom. The molecule has 0 atom stereocenters. The smallest absolute Gasteiger partial charge is 0.197 e. The van der Waals surface area contributed by atoms with Gasteiger partial charge in [-0.3, -0.25) is 9.59 Å². The van der Waals surface area contributed by atoms with Crippen molar-refractivity contribution in [3.8, 4) is 11.3 Å². The summed E-state index contributed by atoms with van der Waals surface area (Å²) in [7, 11) is 0. The topological polar surface area (TPSA) is 60.4 Å². The molecular formula is C26H13ClO4. The Balaban J connectivity index is 1.38. The molecule has 3 aromatic carbocycles. The third-order valence-corrected chi connectivity index (χ3v) is 5.76. The SMILES string of the molecule is O=C1C(=Cc2cc3oc(-c4ccc(Cl)cc4)cc3o2)C(=O)c2cc3ccccc3cc21. The minimum absolute atomic E-state index is 0.0969. The molecule has 0 amide bonds. The second-order valence-electron chi connectivity index (χ2n) is 7.46. The van der Waals surface area contributed by atoms with E-state index in [9.17, 15) is 9.59 Å². The Morgan fingerprint density at radius 3 is 1.94 bits per heavy atom. The minimum atomic E-state index is -0.291. The van der Waals surface area contributed by atoms with Crippen molar-refractivity contribution in [2.75, 3.05) is 0 Å². The van der Waals surface area contributed by atoms with Crippen molar-refractivity contribution in [2.24, 2.45) is 0 Å². The van der Waals surface area contributed by atoms with Crippen LogP contribution in [0, 0.1) is 0 Å². The van der Waals surface area contributed by atoms with Crippen LogP contribution in [0.3, 0.4) is 0 Å². The fraction of sp³-hybridized carbons (Fsp3) is 0. The summed E-state index contributed by atoms with van der Waals surface area (Å²) in [4.78, 5) is 25.8. The molecule has 0 N–H and O–H groups in total. The van der Waals surface area contributed by atoms with E-state index in [-0.39, 0.29) is 17.1 Å². The second-order valence-corrected chi connectivity index (χ2v) is 7.89. The van der Waals surface area contributed by atoms with Crippen LogP contribution in [0.5, 0.6) is 0 Å². The number of rotatable bonds is 2. The van der Waals surface area contributed by atoms with Crippen LogP contribution in [0.4, 0.5) is 0 Å². The highest BCUT2D eigenvalue weighted by atomic mass is 35.5. The molecule has 0 unspecified atom stereocenters. The molecule has 0 bridgehead atoms. The molecule has 0 aliphatic heterocycles. The average molecular weight is 425 g/mol. The zero-order chi connectivity index (χ0) is 21.1. The molecule has 1 aliphatic carbocycles. The number of halogens is 1. The fourth-order valence-electron chi connectivity index (χ4n) is 3.96.